The van der Waals surface area contributed by atoms with Crippen molar-refractivity contribution in [2.24, 2.45) is 11.7 Å². The molecule has 5 heteroatoms. The molecule has 114 valence electrons. The maximum absolute atomic E-state index is 10.3. The fourth-order valence-corrected chi connectivity index (χ4v) is 1.76. The van der Waals surface area contributed by atoms with Gasteiger partial charge in [0.05, 0.1) is 19.8 Å². The Morgan fingerprint density at radius 2 is 1.74 bits per heavy atom. The van der Waals surface area contributed by atoms with Crippen LogP contribution in [-0.4, -0.2) is 39.1 Å². The zero-order valence-corrected chi connectivity index (χ0v) is 12.4. The lowest BCUT2D eigenvalue weighted by Gasteiger charge is -2.14. The first-order valence-corrected chi connectivity index (χ1v) is 7.28. The fourth-order valence-electron chi connectivity index (χ4n) is 1.76. The van der Waals surface area contributed by atoms with E-state index in [0.29, 0.717) is 25.7 Å². The molecule has 0 saturated heterocycles. The van der Waals surface area contributed by atoms with Gasteiger partial charge >= 0.3 is 6.09 Å². The number of amides is 1. The van der Waals surface area contributed by atoms with E-state index < -0.39 is 6.09 Å². The summed E-state index contributed by atoms with van der Waals surface area (Å²) in [5.74, 6) is 0.657. The van der Waals surface area contributed by atoms with Gasteiger partial charge in [-0.2, -0.15) is 0 Å². The van der Waals surface area contributed by atoms with E-state index in [1.54, 1.807) is 0 Å². The third-order valence-electron chi connectivity index (χ3n) is 2.99. The van der Waals surface area contributed by atoms with Crippen molar-refractivity contribution in [3.8, 4) is 0 Å². The van der Waals surface area contributed by atoms with E-state index in [4.69, 9.17) is 15.2 Å². The fraction of sp³-hybridized carbons (Fsp3) is 0.929. The summed E-state index contributed by atoms with van der Waals surface area (Å²) in [6, 6.07) is 0. The third kappa shape index (κ3) is 13.4. The smallest absolute Gasteiger partial charge is 0.404 e. The molecule has 0 aromatic heterocycles. The van der Waals surface area contributed by atoms with Gasteiger partial charge in [0.2, 0.25) is 0 Å². The Bertz CT molecular complexity index is 212. The van der Waals surface area contributed by atoms with Crippen LogP contribution in [0.2, 0.25) is 0 Å². The second-order valence-corrected chi connectivity index (χ2v) is 4.62. The second kappa shape index (κ2) is 13.6. The zero-order chi connectivity index (χ0) is 14.3. The first-order chi connectivity index (χ1) is 9.20. The number of unbranched alkanes of at least 4 members (excludes halogenated alkanes) is 2. The van der Waals surface area contributed by atoms with Crippen molar-refractivity contribution in [3.63, 3.8) is 0 Å². The summed E-state index contributed by atoms with van der Waals surface area (Å²) in [6.45, 7) is 6.90. The first-order valence-electron chi connectivity index (χ1n) is 7.28. The molecule has 0 aromatic carbocycles. The van der Waals surface area contributed by atoms with Gasteiger partial charge in [0.15, 0.2) is 0 Å². The van der Waals surface area contributed by atoms with Crippen molar-refractivity contribution in [2.45, 2.75) is 46.0 Å². The molecular weight excluding hydrogens is 246 g/mol. The highest BCUT2D eigenvalue weighted by Crippen LogP contribution is 2.13. The average molecular weight is 275 g/mol. The highest BCUT2D eigenvalue weighted by Gasteiger charge is 2.05. The quantitative estimate of drug-likeness (QED) is 0.525. The monoisotopic (exact) mass is 275 g/mol. The molecule has 0 aliphatic rings. The Kier molecular flexibility index (Phi) is 13.0. The second-order valence-electron chi connectivity index (χ2n) is 4.62. The normalized spacial score (nSPS) is 12.3. The SMILES string of the molecule is CCCCCC(CC)COCCOCCOC(N)=O. The van der Waals surface area contributed by atoms with Gasteiger partial charge in [0.1, 0.15) is 6.61 Å². The van der Waals surface area contributed by atoms with Crippen LogP contribution >= 0.6 is 0 Å². The molecule has 0 aliphatic carbocycles. The van der Waals surface area contributed by atoms with Crippen LogP contribution in [0.5, 0.6) is 0 Å². The van der Waals surface area contributed by atoms with Crippen LogP contribution in [0.15, 0.2) is 0 Å². The van der Waals surface area contributed by atoms with Gasteiger partial charge in [0.25, 0.3) is 0 Å². The standard InChI is InChI=1S/C14H29NO4/c1-3-5-6-7-13(4-2)12-18-9-8-17-10-11-19-14(15)16/h13H,3-12H2,1-2H3,(H2,15,16). The van der Waals surface area contributed by atoms with E-state index in [-0.39, 0.29) is 6.61 Å². The van der Waals surface area contributed by atoms with Gasteiger partial charge in [-0.15, -0.1) is 0 Å². The Labute approximate surface area is 116 Å². The highest BCUT2D eigenvalue weighted by atomic mass is 16.6. The van der Waals surface area contributed by atoms with Crippen LogP contribution in [0.1, 0.15) is 46.0 Å². The molecule has 0 radical (unpaired) electrons. The predicted molar refractivity (Wildman–Crippen MR) is 75.1 cm³/mol. The molecule has 5 nitrogen and oxygen atoms in total. The van der Waals surface area contributed by atoms with Crippen molar-refractivity contribution < 1.29 is 19.0 Å². The summed E-state index contributed by atoms with van der Waals surface area (Å²) < 4.78 is 15.4. The lowest BCUT2D eigenvalue weighted by molar-refractivity contribution is 0.0178. The minimum Gasteiger partial charge on any atom is -0.447 e. The maximum Gasteiger partial charge on any atom is 0.404 e. The molecule has 0 rings (SSSR count). The van der Waals surface area contributed by atoms with Crippen molar-refractivity contribution in [1.82, 2.24) is 0 Å². The summed E-state index contributed by atoms with van der Waals surface area (Å²) in [5.41, 5.74) is 4.81. The topological polar surface area (TPSA) is 70.8 Å². The van der Waals surface area contributed by atoms with Gasteiger partial charge in [-0.3, -0.25) is 0 Å². The van der Waals surface area contributed by atoms with Gasteiger partial charge in [0, 0.05) is 6.61 Å². The minimum absolute atomic E-state index is 0.198. The van der Waals surface area contributed by atoms with Crippen LogP contribution in [0.3, 0.4) is 0 Å². The highest BCUT2D eigenvalue weighted by molar-refractivity contribution is 5.64. The van der Waals surface area contributed by atoms with Crippen LogP contribution in [0, 0.1) is 5.92 Å². The van der Waals surface area contributed by atoms with E-state index in [1.807, 2.05) is 0 Å². The van der Waals surface area contributed by atoms with Crippen molar-refractivity contribution in [3.05, 3.63) is 0 Å². The number of hydrogen-bond acceptors (Lipinski definition) is 4. The molecular formula is C14H29NO4. The maximum atomic E-state index is 10.3. The number of nitrogens with two attached hydrogens (primary N) is 1. The van der Waals surface area contributed by atoms with Gasteiger partial charge in [-0.05, 0) is 12.3 Å². The number of hydrogen-bond donors (Lipinski definition) is 1. The van der Waals surface area contributed by atoms with E-state index in [9.17, 15) is 4.79 Å². The van der Waals surface area contributed by atoms with Gasteiger partial charge in [-0.1, -0.05) is 39.5 Å². The molecule has 1 atom stereocenters. The molecule has 0 saturated carbocycles. The van der Waals surface area contributed by atoms with Crippen LogP contribution < -0.4 is 5.73 Å². The molecule has 0 spiro atoms. The lowest BCUT2D eigenvalue weighted by Crippen LogP contribution is -2.18. The molecule has 0 bridgehead atoms. The molecule has 0 fully saturated rings. The van der Waals surface area contributed by atoms with E-state index in [0.717, 1.165) is 13.0 Å². The first kappa shape index (κ1) is 18.2. The summed E-state index contributed by atoms with van der Waals surface area (Å²) in [7, 11) is 0. The molecule has 0 heterocycles. The minimum atomic E-state index is -0.766. The third-order valence-corrected chi connectivity index (χ3v) is 2.99. The molecule has 0 aromatic rings. The van der Waals surface area contributed by atoms with E-state index in [1.165, 1.54) is 25.7 Å². The van der Waals surface area contributed by atoms with Crippen molar-refractivity contribution in [1.29, 1.82) is 0 Å². The van der Waals surface area contributed by atoms with Crippen molar-refractivity contribution in [2.75, 3.05) is 33.0 Å². The Hall–Kier alpha value is -0.810. The van der Waals surface area contributed by atoms with Crippen LogP contribution in [0.4, 0.5) is 4.79 Å². The molecule has 1 amide bonds. The van der Waals surface area contributed by atoms with Gasteiger partial charge in [-0.25, -0.2) is 4.79 Å². The molecule has 2 N–H and O–H groups in total. The number of carbonyl (C=O) groups is 1. The molecule has 19 heavy (non-hydrogen) atoms. The molecule has 0 aliphatic heterocycles. The summed E-state index contributed by atoms with van der Waals surface area (Å²) in [6.07, 6.45) is 5.50. The summed E-state index contributed by atoms with van der Waals surface area (Å²) in [5, 5.41) is 0. The lowest BCUT2D eigenvalue weighted by atomic mass is 10.00. The zero-order valence-electron chi connectivity index (χ0n) is 12.4. The van der Waals surface area contributed by atoms with Gasteiger partial charge < -0.3 is 19.9 Å². The largest absolute Gasteiger partial charge is 0.447 e. The number of ether oxygens (including phenoxy) is 3. The van der Waals surface area contributed by atoms with Crippen molar-refractivity contribution >= 4 is 6.09 Å². The Morgan fingerprint density at radius 1 is 1.05 bits per heavy atom. The number of primary amides is 1. The Balaban J connectivity index is 3.28. The van der Waals surface area contributed by atoms with E-state index >= 15 is 0 Å². The van der Waals surface area contributed by atoms with Crippen LogP contribution in [0.25, 0.3) is 0 Å². The predicted octanol–water partition coefficient (Wildman–Crippen LogP) is 2.72. The summed E-state index contributed by atoms with van der Waals surface area (Å²) >= 11 is 0. The van der Waals surface area contributed by atoms with E-state index in [2.05, 4.69) is 18.6 Å². The van der Waals surface area contributed by atoms with Crippen LogP contribution in [-0.2, 0) is 14.2 Å². The molecule has 1 unspecified atom stereocenters. The summed E-state index contributed by atoms with van der Waals surface area (Å²) in [4.78, 5) is 10.3. The average Bonchev–Trinajstić information content (AvgIpc) is 2.39. The Morgan fingerprint density at radius 3 is 2.37 bits per heavy atom. The number of rotatable bonds is 13. The number of carbonyl (C=O) groups excluding carboxylic acids is 1.